The van der Waals surface area contributed by atoms with Crippen molar-refractivity contribution in [2.24, 2.45) is 0 Å². The number of ether oxygens (including phenoxy) is 1. The number of alkyl halides is 3. The van der Waals surface area contributed by atoms with Gasteiger partial charge in [0.05, 0.1) is 5.56 Å². The Bertz CT molecular complexity index is 424. The highest BCUT2D eigenvalue weighted by molar-refractivity contribution is 6.18. The van der Waals surface area contributed by atoms with Gasteiger partial charge in [0.15, 0.2) is 0 Å². The minimum atomic E-state index is -2.96. The van der Waals surface area contributed by atoms with Gasteiger partial charge in [-0.2, -0.15) is 8.78 Å². The summed E-state index contributed by atoms with van der Waals surface area (Å²) < 4.78 is 28.5. The van der Waals surface area contributed by atoms with Gasteiger partial charge >= 0.3 is 6.61 Å². The molecular formula is C12H12ClF2NO2. The Kier molecular flexibility index (Phi) is 6.14. The Morgan fingerprint density at radius 3 is 2.78 bits per heavy atom. The van der Waals surface area contributed by atoms with Gasteiger partial charge < -0.3 is 10.1 Å². The molecule has 1 aromatic carbocycles. The second-order valence-corrected chi connectivity index (χ2v) is 3.52. The Hall–Kier alpha value is -1.62. The molecule has 0 radical (unpaired) electrons. The summed E-state index contributed by atoms with van der Waals surface area (Å²) in [7, 11) is 0. The minimum Gasteiger partial charge on any atom is -0.434 e. The van der Waals surface area contributed by atoms with Crippen LogP contribution in [0.4, 0.5) is 8.78 Å². The molecule has 0 atom stereocenters. The van der Waals surface area contributed by atoms with Crippen LogP contribution >= 0.6 is 11.6 Å². The quantitative estimate of drug-likeness (QED) is 0.640. The summed E-state index contributed by atoms with van der Waals surface area (Å²) in [4.78, 5) is 11.7. The number of carbonyl (C=O) groups is 1. The van der Waals surface area contributed by atoms with Gasteiger partial charge in [-0.3, -0.25) is 4.79 Å². The number of hydrogen-bond donors (Lipinski definition) is 1. The van der Waals surface area contributed by atoms with Crippen LogP contribution in [-0.4, -0.2) is 24.9 Å². The number of carbonyl (C=O) groups excluding carboxylic acids is 1. The van der Waals surface area contributed by atoms with Crippen LogP contribution in [0, 0.1) is 0 Å². The first-order valence-corrected chi connectivity index (χ1v) is 5.71. The molecular weight excluding hydrogens is 264 g/mol. The number of rotatable bonds is 6. The number of amides is 1. The highest BCUT2D eigenvalue weighted by Gasteiger charge is 2.14. The lowest BCUT2D eigenvalue weighted by Crippen LogP contribution is -2.24. The van der Waals surface area contributed by atoms with Crippen LogP contribution in [0.3, 0.4) is 0 Å². The van der Waals surface area contributed by atoms with Crippen LogP contribution in [0.5, 0.6) is 5.75 Å². The summed E-state index contributed by atoms with van der Waals surface area (Å²) in [6, 6.07) is 5.82. The van der Waals surface area contributed by atoms with E-state index in [4.69, 9.17) is 11.6 Å². The molecule has 0 saturated heterocycles. The monoisotopic (exact) mass is 275 g/mol. The topological polar surface area (TPSA) is 38.3 Å². The van der Waals surface area contributed by atoms with Crippen molar-refractivity contribution in [1.82, 2.24) is 5.32 Å². The summed E-state index contributed by atoms with van der Waals surface area (Å²) >= 11 is 5.41. The van der Waals surface area contributed by atoms with E-state index < -0.39 is 12.5 Å². The van der Waals surface area contributed by atoms with E-state index in [2.05, 4.69) is 10.1 Å². The van der Waals surface area contributed by atoms with Crippen LogP contribution in [0.2, 0.25) is 0 Å². The number of benzene rings is 1. The van der Waals surface area contributed by atoms with E-state index in [0.29, 0.717) is 5.88 Å². The highest BCUT2D eigenvalue weighted by Crippen LogP contribution is 2.19. The first-order valence-electron chi connectivity index (χ1n) is 5.18. The van der Waals surface area contributed by atoms with Gasteiger partial charge in [-0.1, -0.05) is 24.3 Å². The van der Waals surface area contributed by atoms with Crippen LogP contribution in [0.1, 0.15) is 10.4 Å². The molecule has 0 bridgehead atoms. The molecule has 1 N–H and O–H groups in total. The molecule has 0 aliphatic carbocycles. The third-order valence-corrected chi connectivity index (χ3v) is 2.16. The molecule has 0 fully saturated rings. The van der Waals surface area contributed by atoms with Gasteiger partial charge in [0.25, 0.3) is 5.91 Å². The van der Waals surface area contributed by atoms with E-state index in [1.54, 1.807) is 18.2 Å². The zero-order valence-corrected chi connectivity index (χ0v) is 10.2. The predicted octanol–water partition coefficient (Wildman–Crippen LogP) is 2.81. The normalized spacial score (nSPS) is 10.9. The second kappa shape index (κ2) is 7.66. The van der Waals surface area contributed by atoms with Crippen molar-refractivity contribution >= 4 is 17.5 Å². The summed E-state index contributed by atoms with van der Waals surface area (Å²) in [6.45, 7) is -2.69. The van der Waals surface area contributed by atoms with Crippen molar-refractivity contribution in [1.29, 1.82) is 0 Å². The predicted molar refractivity (Wildman–Crippen MR) is 65.3 cm³/mol. The molecule has 3 nitrogen and oxygen atoms in total. The molecule has 0 aliphatic rings. The Balaban J connectivity index is 2.69. The van der Waals surface area contributed by atoms with Crippen molar-refractivity contribution in [2.75, 3.05) is 12.4 Å². The molecule has 0 spiro atoms. The lowest BCUT2D eigenvalue weighted by molar-refractivity contribution is -0.0501. The minimum absolute atomic E-state index is 0.0667. The van der Waals surface area contributed by atoms with Crippen molar-refractivity contribution in [3.05, 3.63) is 42.0 Å². The van der Waals surface area contributed by atoms with Gasteiger partial charge in [-0.25, -0.2) is 0 Å². The molecule has 18 heavy (non-hydrogen) atoms. The lowest BCUT2D eigenvalue weighted by atomic mass is 10.2. The van der Waals surface area contributed by atoms with Crippen LogP contribution < -0.4 is 10.1 Å². The molecule has 0 heterocycles. The van der Waals surface area contributed by atoms with Crippen molar-refractivity contribution in [3.63, 3.8) is 0 Å². The van der Waals surface area contributed by atoms with E-state index in [1.807, 2.05) is 0 Å². The number of nitrogens with one attached hydrogen (secondary N) is 1. The molecule has 0 aliphatic heterocycles. The molecule has 0 unspecified atom stereocenters. The maximum atomic E-state index is 12.1. The first-order chi connectivity index (χ1) is 8.65. The SMILES string of the molecule is O=C(NC/C=C/CCl)c1ccccc1OC(F)F. The summed E-state index contributed by atoms with van der Waals surface area (Å²) in [5, 5.41) is 2.54. The molecule has 1 amide bonds. The van der Waals surface area contributed by atoms with Gasteiger partial charge in [0, 0.05) is 12.4 Å². The maximum absolute atomic E-state index is 12.1. The molecule has 98 valence electrons. The van der Waals surface area contributed by atoms with E-state index >= 15 is 0 Å². The molecule has 0 saturated carbocycles. The second-order valence-electron chi connectivity index (χ2n) is 3.21. The van der Waals surface area contributed by atoms with E-state index in [-0.39, 0.29) is 17.9 Å². The highest BCUT2D eigenvalue weighted by atomic mass is 35.5. The Morgan fingerprint density at radius 2 is 2.11 bits per heavy atom. The van der Waals surface area contributed by atoms with Gasteiger partial charge in [-0.05, 0) is 12.1 Å². The third kappa shape index (κ3) is 4.71. The fourth-order valence-electron chi connectivity index (χ4n) is 1.25. The molecule has 6 heteroatoms. The molecule has 1 aromatic rings. The van der Waals surface area contributed by atoms with Crippen LogP contribution in [-0.2, 0) is 0 Å². The lowest BCUT2D eigenvalue weighted by Gasteiger charge is -2.09. The van der Waals surface area contributed by atoms with Gasteiger partial charge in [-0.15, -0.1) is 11.6 Å². The van der Waals surface area contributed by atoms with E-state index in [0.717, 1.165) is 0 Å². The summed E-state index contributed by atoms with van der Waals surface area (Å²) in [5.41, 5.74) is 0.0667. The standard InChI is InChI=1S/C12H12ClF2NO2/c13-7-3-4-8-16-11(17)9-5-1-2-6-10(9)18-12(14)15/h1-6,12H,7-8H2,(H,16,17)/b4-3+. The number of para-hydroxylation sites is 1. The zero-order chi connectivity index (χ0) is 13.4. The number of allylic oxidation sites excluding steroid dienone is 1. The number of halogens is 3. The fraction of sp³-hybridized carbons (Fsp3) is 0.250. The first kappa shape index (κ1) is 14.4. The third-order valence-electron chi connectivity index (χ3n) is 1.98. The van der Waals surface area contributed by atoms with Crippen molar-refractivity contribution < 1.29 is 18.3 Å². The number of hydrogen-bond acceptors (Lipinski definition) is 2. The average Bonchev–Trinajstić information content (AvgIpc) is 2.34. The van der Waals surface area contributed by atoms with E-state index in [9.17, 15) is 13.6 Å². The Morgan fingerprint density at radius 1 is 1.39 bits per heavy atom. The van der Waals surface area contributed by atoms with E-state index in [1.165, 1.54) is 18.2 Å². The van der Waals surface area contributed by atoms with Gasteiger partial charge in [0.2, 0.25) is 0 Å². The molecule has 1 rings (SSSR count). The van der Waals surface area contributed by atoms with Crippen molar-refractivity contribution in [3.8, 4) is 5.75 Å². The Labute approximate surface area is 108 Å². The van der Waals surface area contributed by atoms with Crippen molar-refractivity contribution in [2.45, 2.75) is 6.61 Å². The molecule has 0 aromatic heterocycles. The van der Waals surface area contributed by atoms with Crippen LogP contribution in [0.25, 0.3) is 0 Å². The largest absolute Gasteiger partial charge is 0.434 e. The van der Waals surface area contributed by atoms with Crippen LogP contribution in [0.15, 0.2) is 36.4 Å². The summed E-state index contributed by atoms with van der Waals surface area (Å²) in [6.07, 6.45) is 3.34. The zero-order valence-electron chi connectivity index (χ0n) is 9.41. The average molecular weight is 276 g/mol. The van der Waals surface area contributed by atoms with Gasteiger partial charge in [0.1, 0.15) is 5.75 Å². The fourth-order valence-corrected chi connectivity index (χ4v) is 1.37. The maximum Gasteiger partial charge on any atom is 0.387 e. The smallest absolute Gasteiger partial charge is 0.387 e. The summed E-state index contributed by atoms with van der Waals surface area (Å²) in [5.74, 6) is -0.280.